The molecule has 0 bridgehead atoms. The fourth-order valence-electron chi connectivity index (χ4n) is 3.32. The largest absolute Gasteiger partial charge is 0.497 e. The van der Waals surface area contributed by atoms with E-state index in [2.05, 4.69) is 10.2 Å². The summed E-state index contributed by atoms with van der Waals surface area (Å²) in [5.74, 6) is 0.784. The number of aromatic nitrogens is 2. The van der Waals surface area contributed by atoms with Gasteiger partial charge in [0.25, 0.3) is 0 Å². The Morgan fingerprint density at radius 2 is 1.93 bits per heavy atom. The minimum Gasteiger partial charge on any atom is -0.497 e. The molecule has 142 valence electrons. The van der Waals surface area contributed by atoms with Gasteiger partial charge in [-0.3, -0.25) is 9.89 Å². The van der Waals surface area contributed by atoms with Crippen LogP contribution >= 0.6 is 11.6 Å². The van der Waals surface area contributed by atoms with Crippen LogP contribution in [-0.4, -0.2) is 34.7 Å². The second-order valence-electron chi connectivity index (χ2n) is 6.65. The van der Waals surface area contributed by atoms with Crippen molar-refractivity contribution in [1.82, 2.24) is 15.1 Å². The number of nitrogens with one attached hydrogen (secondary N) is 1. The topological polar surface area (TPSA) is 58.2 Å². The smallest absolute Gasteiger partial charge is 0.246 e. The summed E-state index contributed by atoms with van der Waals surface area (Å²) in [6, 6.07) is 15.2. The van der Waals surface area contributed by atoms with Crippen molar-refractivity contribution in [2.24, 2.45) is 0 Å². The highest BCUT2D eigenvalue weighted by Crippen LogP contribution is 2.29. The molecule has 0 spiro atoms. The average Bonchev–Trinajstić information content (AvgIpc) is 3.16. The van der Waals surface area contributed by atoms with Crippen LogP contribution in [0.1, 0.15) is 16.8 Å². The van der Waals surface area contributed by atoms with Gasteiger partial charge < -0.3 is 9.64 Å². The lowest BCUT2D eigenvalue weighted by Gasteiger charge is -2.26. The second-order valence-corrected chi connectivity index (χ2v) is 7.09. The molecule has 0 saturated heterocycles. The Morgan fingerprint density at radius 1 is 1.18 bits per heavy atom. The van der Waals surface area contributed by atoms with E-state index in [1.54, 1.807) is 13.2 Å². The zero-order chi connectivity index (χ0) is 19.5. The van der Waals surface area contributed by atoms with Gasteiger partial charge in [0, 0.05) is 47.4 Å². The predicted molar refractivity (Wildman–Crippen MR) is 110 cm³/mol. The van der Waals surface area contributed by atoms with Crippen LogP contribution in [0.3, 0.4) is 0 Å². The van der Waals surface area contributed by atoms with Crippen LogP contribution in [0.5, 0.6) is 5.75 Å². The molecule has 1 aliphatic heterocycles. The number of nitrogens with zero attached hydrogens (tertiary/aromatic N) is 2. The lowest BCUT2D eigenvalue weighted by Crippen LogP contribution is -2.34. The summed E-state index contributed by atoms with van der Waals surface area (Å²) in [5, 5.41) is 8.27. The first kappa shape index (κ1) is 18.3. The Bertz CT molecular complexity index is 1010. The molecule has 1 aromatic heterocycles. The molecular weight excluding hydrogens is 374 g/mol. The van der Waals surface area contributed by atoms with E-state index >= 15 is 0 Å². The first-order valence-corrected chi connectivity index (χ1v) is 9.45. The molecule has 5 nitrogen and oxygen atoms in total. The summed E-state index contributed by atoms with van der Waals surface area (Å²) in [6.07, 6.45) is 4.21. The number of carbonyl (C=O) groups is 1. The number of carbonyl (C=O) groups excluding carboxylic acids is 1. The minimum absolute atomic E-state index is 0.00951. The van der Waals surface area contributed by atoms with E-state index in [4.69, 9.17) is 16.3 Å². The molecular formula is C22H20ClN3O2. The third kappa shape index (κ3) is 3.80. The van der Waals surface area contributed by atoms with Crippen molar-refractivity contribution in [2.75, 3.05) is 13.7 Å². The summed E-state index contributed by atoms with van der Waals surface area (Å²) < 4.78 is 5.15. The number of aromatic amines is 1. The number of hydrogen-bond donors (Lipinski definition) is 1. The highest BCUT2D eigenvalue weighted by Gasteiger charge is 2.24. The molecule has 0 radical (unpaired) electrons. The number of H-pyrrole nitrogens is 1. The van der Waals surface area contributed by atoms with Gasteiger partial charge >= 0.3 is 0 Å². The molecule has 0 fully saturated rings. The minimum atomic E-state index is -0.00951. The molecule has 0 aliphatic carbocycles. The van der Waals surface area contributed by atoms with Gasteiger partial charge in [-0.2, -0.15) is 5.10 Å². The summed E-state index contributed by atoms with van der Waals surface area (Å²) in [7, 11) is 1.63. The molecule has 2 heterocycles. The van der Waals surface area contributed by atoms with E-state index in [1.165, 1.54) is 0 Å². The number of rotatable bonds is 4. The molecule has 6 heteroatoms. The summed E-state index contributed by atoms with van der Waals surface area (Å²) in [6.45, 7) is 1.20. The van der Waals surface area contributed by atoms with Gasteiger partial charge in [-0.1, -0.05) is 35.9 Å². The summed E-state index contributed by atoms with van der Waals surface area (Å²) in [4.78, 5) is 14.5. The quantitative estimate of drug-likeness (QED) is 0.671. The summed E-state index contributed by atoms with van der Waals surface area (Å²) in [5.41, 5.74) is 4.98. The van der Waals surface area contributed by atoms with Crippen LogP contribution in [0, 0.1) is 0 Å². The molecule has 1 amide bonds. The van der Waals surface area contributed by atoms with Crippen molar-refractivity contribution in [3.05, 3.63) is 76.5 Å². The monoisotopic (exact) mass is 393 g/mol. The van der Waals surface area contributed by atoms with Gasteiger partial charge in [0.1, 0.15) is 5.75 Å². The fraction of sp³-hybridized carbons (Fsp3) is 0.182. The van der Waals surface area contributed by atoms with Crippen LogP contribution < -0.4 is 4.74 Å². The number of benzene rings is 2. The lowest BCUT2D eigenvalue weighted by atomic mass is 10.0. The molecule has 0 saturated carbocycles. The van der Waals surface area contributed by atoms with E-state index < -0.39 is 0 Å². The highest BCUT2D eigenvalue weighted by atomic mass is 35.5. The van der Waals surface area contributed by atoms with Crippen LogP contribution in [-0.2, 0) is 17.8 Å². The normalized spacial score (nSPS) is 13.6. The van der Waals surface area contributed by atoms with E-state index in [9.17, 15) is 4.79 Å². The van der Waals surface area contributed by atoms with E-state index in [0.29, 0.717) is 18.1 Å². The number of amides is 1. The van der Waals surface area contributed by atoms with Crippen LogP contribution in [0.15, 0.2) is 54.6 Å². The van der Waals surface area contributed by atoms with Gasteiger partial charge in [0.15, 0.2) is 0 Å². The highest BCUT2D eigenvalue weighted by molar-refractivity contribution is 6.30. The van der Waals surface area contributed by atoms with Crippen molar-refractivity contribution < 1.29 is 9.53 Å². The predicted octanol–water partition coefficient (Wildman–Crippen LogP) is 4.34. The lowest BCUT2D eigenvalue weighted by molar-refractivity contribution is -0.126. The van der Waals surface area contributed by atoms with Gasteiger partial charge in [0.2, 0.25) is 5.91 Å². The Kier molecular flexibility index (Phi) is 5.17. The first-order valence-electron chi connectivity index (χ1n) is 9.07. The zero-order valence-corrected chi connectivity index (χ0v) is 16.2. The van der Waals surface area contributed by atoms with Gasteiger partial charge in [-0.25, -0.2) is 0 Å². The number of methoxy groups -OCH3 is 1. The molecule has 2 aromatic carbocycles. The number of halogens is 1. The Morgan fingerprint density at radius 3 is 2.64 bits per heavy atom. The third-order valence-corrected chi connectivity index (χ3v) is 5.15. The second kappa shape index (κ2) is 7.90. The van der Waals surface area contributed by atoms with Crippen LogP contribution in [0.2, 0.25) is 5.02 Å². The van der Waals surface area contributed by atoms with Gasteiger partial charge in [0.05, 0.1) is 12.8 Å². The maximum absolute atomic E-state index is 12.7. The molecule has 28 heavy (non-hydrogen) atoms. The first-order chi connectivity index (χ1) is 13.6. The Hall–Kier alpha value is -3.05. The number of ether oxygens (including phenoxy) is 1. The van der Waals surface area contributed by atoms with Crippen molar-refractivity contribution in [3.8, 4) is 17.0 Å². The van der Waals surface area contributed by atoms with Crippen molar-refractivity contribution in [3.63, 3.8) is 0 Å². The molecule has 4 rings (SSSR count). The Balaban J connectivity index is 1.50. The standard InChI is InChI=1S/C22H20ClN3O2/c1-28-18-9-2-15(3-10-18)4-11-21(27)26-13-12-20-19(14-26)22(25-24-20)16-5-7-17(23)8-6-16/h2-11H,12-14H2,1H3,(H,24,25)/b11-4+. The van der Waals surface area contributed by atoms with Crippen LogP contribution in [0.4, 0.5) is 0 Å². The van der Waals surface area contributed by atoms with Crippen molar-refractivity contribution in [1.29, 1.82) is 0 Å². The molecule has 0 atom stereocenters. The van der Waals surface area contributed by atoms with E-state index in [0.717, 1.165) is 40.2 Å². The maximum Gasteiger partial charge on any atom is 0.246 e. The molecule has 1 aliphatic rings. The summed E-state index contributed by atoms with van der Waals surface area (Å²) >= 11 is 5.99. The average molecular weight is 394 g/mol. The Labute approximate surface area is 168 Å². The zero-order valence-electron chi connectivity index (χ0n) is 15.5. The van der Waals surface area contributed by atoms with Crippen molar-refractivity contribution in [2.45, 2.75) is 13.0 Å². The van der Waals surface area contributed by atoms with Gasteiger partial charge in [-0.05, 0) is 35.9 Å². The van der Waals surface area contributed by atoms with Gasteiger partial charge in [-0.15, -0.1) is 0 Å². The van der Waals surface area contributed by atoms with E-state index in [1.807, 2.05) is 59.5 Å². The van der Waals surface area contributed by atoms with Crippen molar-refractivity contribution >= 4 is 23.6 Å². The fourth-order valence-corrected chi connectivity index (χ4v) is 3.44. The number of hydrogen-bond acceptors (Lipinski definition) is 3. The molecule has 3 aromatic rings. The SMILES string of the molecule is COc1ccc(/C=C/C(=O)N2CCc3[nH]nc(-c4ccc(Cl)cc4)c3C2)cc1. The van der Waals surface area contributed by atoms with E-state index in [-0.39, 0.29) is 5.91 Å². The number of fused-ring (bicyclic) bond motifs is 1. The molecule has 1 N–H and O–H groups in total. The maximum atomic E-state index is 12.7. The van der Waals surface area contributed by atoms with Crippen LogP contribution in [0.25, 0.3) is 17.3 Å². The molecule has 0 unspecified atom stereocenters. The third-order valence-electron chi connectivity index (χ3n) is 4.90.